The molecule has 2 heterocycles. The molecule has 9 aromatic rings. The van der Waals surface area contributed by atoms with Crippen LogP contribution in [0.15, 0.2) is 210 Å². The van der Waals surface area contributed by atoms with Crippen molar-refractivity contribution in [3.8, 4) is 73.4 Å². The molecule has 0 bridgehead atoms. The largest absolute Gasteiger partial charge is 0.228 e. The highest BCUT2D eigenvalue weighted by Crippen LogP contribution is 2.63. The molecule has 0 N–H and O–H groups in total. The van der Waals surface area contributed by atoms with Gasteiger partial charge in [-0.25, -0.2) is 9.97 Å². The predicted molar refractivity (Wildman–Crippen MR) is 235 cm³/mol. The number of aromatic nitrogens is 2. The van der Waals surface area contributed by atoms with Gasteiger partial charge in [0.25, 0.3) is 0 Å². The zero-order valence-corrected chi connectivity index (χ0v) is 32.1. The van der Waals surface area contributed by atoms with Gasteiger partial charge < -0.3 is 0 Å². The highest BCUT2D eigenvalue weighted by Gasteiger charge is 2.50. The molecule has 1 aromatic heterocycles. The van der Waals surface area contributed by atoms with Crippen LogP contribution in [0.25, 0.3) is 67.3 Å². The topological polar surface area (TPSA) is 49.6 Å². The molecule has 0 amide bonds. The molecule has 58 heavy (non-hydrogen) atoms. The fourth-order valence-corrected chi connectivity index (χ4v) is 10.1. The molecule has 1 spiro atoms. The molecular formula is C54H33N3S. The molecule has 3 nitrogen and oxygen atoms in total. The second kappa shape index (κ2) is 13.7. The Morgan fingerprint density at radius 3 is 1.41 bits per heavy atom. The van der Waals surface area contributed by atoms with E-state index >= 15 is 0 Å². The SMILES string of the molecule is N#Cc1ccc(-c2ccc3c(c2)C2(c4ccccc4Sc4ccccc42)c2cc(-c4cccc(-c5nc(-c6ccccc6)cc(-c6ccccc6)n5)c4)ccc2-3)cc1. The summed E-state index contributed by atoms with van der Waals surface area (Å²) in [5.74, 6) is 0.689. The van der Waals surface area contributed by atoms with Crippen LogP contribution in [0.3, 0.4) is 0 Å². The van der Waals surface area contributed by atoms with Crippen molar-refractivity contribution in [1.82, 2.24) is 9.97 Å². The molecule has 0 radical (unpaired) electrons. The van der Waals surface area contributed by atoms with Crippen LogP contribution < -0.4 is 0 Å². The van der Waals surface area contributed by atoms with Crippen molar-refractivity contribution in [2.24, 2.45) is 0 Å². The predicted octanol–water partition coefficient (Wildman–Crippen LogP) is 13.5. The standard InChI is InChI=1S/C54H33N3S/c55-34-35-22-24-36(25-23-35)40-26-28-43-44-29-27-41(32-48(44)54(47(43)31-40)45-18-7-9-20-51(45)58-52-21-10-8-19-46(52)54)39-16-11-17-42(30-39)53-56-49(37-12-3-1-4-13-37)33-50(57-53)38-14-5-2-6-15-38/h1-33H. The van der Waals surface area contributed by atoms with E-state index in [-0.39, 0.29) is 0 Å². The van der Waals surface area contributed by atoms with Crippen LogP contribution in [0, 0.1) is 11.3 Å². The van der Waals surface area contributed by atoms with Gasteiger partial charge in [0, 0.05) is 26.5 Å². The fraction of sp³-hybridized carbons (Fsp3) is 0.0185. The monoisotopic (exact) mass is 755 g/mol. The Morgan fingerprint density at radius 1 is 0.379 bits per heavy atom. The quantitative estimate of drug-likeness (QED) is 0.175. The van der Waals surface area contributed by atoms with E-state index in [1.165, 1.54) is 43.2 Å². The Kier molecular flexibility index (Phi) is 8.03. The van der Waals surface area contributed by atoms with Crippen molar-refractivity contribution < 1.29 is 0 Å². The van der Waals surface area contributed by atoms with Crippen molar-refractivity contribution >= 4 is 11.8 Å². The minimum atomic E-state index is -0.545. The van der Waals surface area contributed by atoms with Crippen LogP contribution in [0.4, 0.5) is 0 Å². The average molecular weight is 756 g/mol. The van der Waals surface area contributed by atoms with Gasteiger partial charge >= 0.3 is 0 Å². The van der Waals surface area contributed by atoms with Crippen LogP contribution in [-0.2, 0) is 5.41 Å². The molecular weight excluding hydrogens is 723 g/mol. The number of benzene rings is 8. The molecule has 0 atom stereocenters. The van der Waals surface area contributed by atoms with Crippen LogP contribution >= 0.6 is 11.8 Å². The van der Waals surface area contributed by atoms with Crippen molar-refractivity contribution in [3.63, 3.8) is 0 Å². The Hall–Kier alpha value is -7.32. The smallest absolute Gasteiger partial charge is 0.160 e. The summed E-state index contributed by atoms with van der Waals surface area (Å²) >= 11 is 1.85. The lowest BCUT2D eigenvalue weighted by Gasteiger charge is -2.40. The van der Waals surface area contributed by atoms with Crippen LogP contribution in [0.1, 0.15) is 27.8 Å². The molecule has 0 saturated heterocycles. The number of hydrogen-bond donors (Lipinski definition) is 0. The Labute approximate surface area is 342 Å². The van der Waals surface area contributed by atoms with E-state index in [9.17, 15) is 5.26 Å². The minimum absolute atomic E-state index is 0.545. The lowest BCUT2D eigenvalue weighted by atomic mass is 9.67. The zero-order chi connectivity index (χ0) is 38.6. The maximum absolute atomic E-state index is 9.51. The van der Waals surface area contributed by atoms with E-state index in [1.54, 1.807) is 0 Å². The summed E-state index contributed by atoms with van der Waals surface area (Å²) in [5.41, 5.74) is 17.0. The number of hydrogen-bond acceptors (Lipinski definition) is 4. The summed E-state index contributed by atoms with van der Waals surface area (Å²) in [6, 6.07) is 73.3. The third-order valence-corrected chi connectivity index (χ3v) is 12.8. The first kappa shape index (κ1) is 34.0. The number of rotatable bonds is 5. The van der Waals surface area contributed by atoms with Gasteiger partial charge in [-0.3, -0.25) is 0 Å². The number of nitrogens with zero attached hydrogens (tertiary/aromatic N) is 3. The Bertz CT molecular complexity index is 2990. The van der Waals surface area contributed by atoms with Gasteiger partial charge in [0.05, 0.1) is 28.4 Å². The van der Waals surface area contributed by atoms with Gasteiger partial charge in [0.2, 0.25) is 0 Å². The van der Waals surface area contributed by atoms with Crippen molar-refractivity contribution in [3.05, 3.63) is 228 Å². The maximum atomic E-state index is 9.51. The summed E-state index contributed by atoms with van der Waals surface area (Å²) in [7, 11) is 0. The van der Waals surface area contributed by atoms with Crippen LogP contribution in [0.2, 0.25) is 0 Å². The molecule has 0 fully saturated rings. The number of nitriles is 1. The van der Waals surface area contributed by atoms with Gasteiger partial charge in [-0.1, -0.05) is 163 Å². The molecule has 11 rings (SSSR count). The third-order valence-electron chi connectivity index (χ3n) is 11.6. The summed E-state index contributed by atoms with van der Waals surface area (Å²) in [6.07, 6.45) is 0. The first-order chi connectivity index (χ1) is 28.7. The van der Waals surface area contributed by atoms with E-state index in [2.05, 4.69) is 182 Å². The van der Waals surface area contributed by atoms with Crippen LogP contribution in [0.5, 0.6) is 0 Å². The number of fused-ring (bicyclic) bond motifs is 9. The van der Waals surface area contributed by atoms with Gasteiger partial charge in [0.15, 0.2) is 5.82 Å². The molecule has 4 heteroatoms. The van der Waals surface area contributed by atoms with E-state index in [0.29, 0.717) is 11.4 Å². The molecule has 1 aliphatic heterocycles. The van der Waals surface area contributed by atoms with Crippen molar-refractivity contribution in [2.45, 2.75) is 15.2 Å². The molecule has 8 aromatic carbocycles. The maximum Gasteiger partial charge on any atom is 0.160 e. The minimum Gasteiger partial charge on any atom is -0.228 e. The second-order valence-corrected chi connectivity index (χ2v) is 15.9. The average Bonchev–Trinajstić information content (AvgIpc) is 3.58. The van der Waals surface area contributed by atoms with E-state index < -0.39 is 5.41 Å². The van der Waals surface area contributed by atoms with Gasteiger partial charge in [-0.05, 0) is 104 Å². The third kappa shape index (κ3) is 5.44. The Morgan fingerprint density at radius 2 is 0.845 bits per heavy atom. The molecule has 270 valence electrons. The normalized spacial score (nSPS) is 12.9. The van der Waals surface area contributed by atoms with Crippen molar-refractivity contribution in [1.29, 1.82) is 5.26 Å². The first-order valence-electron chi connectivity index (χ1n) is 19.4. The second-order valence-electron chi connectivity index (χ2n) is 14.8. The lowest BCUT2D eigenvalue weighted by Crippen LogP contribution is -2.32. The first-order valence-corrected chi connectivity index (χ1v) is 20.3. The Balaban J connectivity index is 1.10. The highest BCUT2D eigenvalue weighted by atomic mass is 32.2. The molecule has 2 aliphatic rings. The summed E-state index contributed by atoms with van der Waals surface area (Å²) in [4.78, 5) is 12.8. The van der Waals surface area contributed by atoms with Crippen LogP contribution in [-0.4, -0.2) is 9.97 Å². The lowest BCUT2D eigenvalue weighted by molar-refractivity contribution is 0.723. The van der Waals surface area contributed by atoms with E-state index in [1.807, 2.05) is 36.0 Å². The van der Waals surface area contributed by atoms with E-state index in [0.717, 1.165) is 50.3 Å². The van der Waals surface area contributed by atoms with Gasteiger partial charge in [0.1, 0.15) is 0 Å². The fourth-order valence-electron chi connectivity index (χ4n) is 8.92. The molecule has 1 aliphatic carbocycles. The van der Waals surface area contributed by atoms with Gasteiger partial charge in [-0.15, -0.1) is 0 Å². The molecule has 0 saturated carbocycles. The van der Waals surface area contributed by atoms with Crippen molar-refractivity contribution in [2.75, 3.05) is 0 Å². The summed E-state index contributed by atoms with van der Waals surface area (Å²) in [6.45, 7) is 0. The zero-order valence-electron chi connectivity index (χ0n) is 31.3. The summed E-state index contributed by atoms with van der Waals surface area (Å²) in [5, 5.41) is 9.51. The van der Waals surface area contributed by atoms with Gasteiger partial charge in [-0.2, -0.15) is 5.26 Å². The molecule has 0 unspecified atom stereocenters. The van der Waals surface area contributed by atoms with E-state index in [4.69, 9.17) is 9.97 Å². The highest BCUT2D eigenvalue weighted by molar-refractivity contribution is 7.99. The summed E-state index contributed by atoms with van der Waals surface area (Å²) < 4.78 is 0.